The molecule has 0 fully saturated rings. The number of aliphatic carboxylic acids is 1. The van der Waals surface area contributed by atoms with Crippen molar-refractivity contribution >= 4 is 35.5 Å². The number of hydrogen-bond acceptors (Lipinski definition) is 9. The van der Waals surface area contributed by atoms with Crippen molar-refractivity contribution < 1.29 is 44.1 Å². The number of primary amides is 2. The summed E-state index contributed by atoms with van der Waals surface area (Å²) in [5.74, 6) is -6.52. The molecule has 0 saturated heterocycles. The third kappa shape index (κ3) is 10.1. The second-order valence-electron chi connectivity index (χ2n) is 7.52. The maximum absolute atomic E-state index is 12.6. The summed E-state index contributed by atoms with van der Waals surface area (Å²) in [4.78, 5) is 71.0. The van der Waals surface area contributed by atoms with E-state index in [0.29, 0.717) is 5.56 Å². The van der Waals surface area contributed by atoms with Gasteiger partial charge in [-0.3, -0.25) is 24.0 Å². The smallest absolute Gasteiger partial charge is 0.326 e. The minimum atomic E-state index is -1.66. The van der Waals surface area contributed by atoms with Crippen LogP contribution in [0.4, 0.5) is 0 Å². The predicted molar refractivity (Wildman–Crippen MR) is 118 cm³/mol. The number of phenols is 1. The Balaban J connectivity index is 2.89. The van der Waals surface area contributed by atoms with Gasteiger partial charge < -0.3 is 48.5 Å². The lowest BCUT2D eigenvalue weighted by Crippen LogP contribution is -2.59. The topological polar surface area (TPSA) is 277 Å². The van der Waals surface area contributed by atoms with Crippen LogP contribution in [-0.2, 0) is 35.2 Å². The Morgan fingerprint density at radius 3 is 1.74 bits per heavy atom. The molecule has 35 heavy (non-hydrogen) atoms. The number of aromatic hydroxyl groups is 1. The number of aliphatic hydroxyl groups excluding tert-OH is 1. The number of benzene rings is 1. The van der Waals surface area contributed by atoms with Crippen LogP contribution in [0, 0.1) is 0 Å². The van der Waals surface area contributed by atoms with Gasteiger partial charge in [0.2, 0.25) is 29.5 Å². The third-order valence-corrected chi connectivity index (χ3v) is 4.60. The summed E-state index contributed by atoms with van der Waals surface area (Å²) in [5.41, 5.74) is 16.0. The Hall–Kier alpha value is -4.24. The van der Waals surface area contributed by atoms with Crippen molar-refractivity contribution in [2.75, 3.05) is 6.61 Å². The first-order valence-corrected chi connectivity index (χ1v) is 10.2. The summed E-state index contributed by atoms with van der Waals surface area (Å²) in [5, 5.41) is 34.7. The summed E-state index contributed by atoms with van der Waals surface area (Å²) in [6.45, 7) is -0.957. The molecule has 4 atom stereocenters. The summed E-state index contributed by atoms with van der Waals surface area (Å²) < 4.78 is 0. The zero-order valence-electron chi connectivity index (χ0n) is 18.5. The lowest BCUT2D eigenvalue weighted by atomic mass is 10.1. The normalized spacial score (nSPS) is 14.0. The first kappa shape index (κ1) is 28.8. The Kier molecular flexibility index (Phi) is 11.1. The number of amides is 5. The SMILES string of the molecule is NC(=O)CC(N)C(=O)NC(CC(N)=O)C(=O)NC(CO)C(=O)NC(Cc1ccc(O)cc1)C(=O)O. The van der Waals surface area contributed by atoms with E-state index in [-0.39, 0.29) is 12.2 Å². The fourth-order valence-corrected chi connectivity index (χ4v) is 2.81. The van der Waals surface area contributed by atoms with Crippen molar-refractivity contribution in [3.8, 4) is 5.75 Å². The summed E-state index contributed by atoms with van der Waals surface area (Å²) in [6.07, 6.45) is -1.43. The van der Waals surface area contributed by atoms with Crippen LogP contribution in [0.2, 0.25) is 0 Å². The van der Waals surface area contributed by atoms with Crippen LogP contribution in [0.15, 0.2) is 24.3 Å². The van der Waals surface area contributed by atoms with Gasteiger partial charge in [-0.1, -0.05) is 12.1 Å². The van der Waals surface area contributed by atoms with E-state index in [1.165, 1.54) is 24.3 Å². The molecule has 0 aliphatic rings. The standard InChI is InChI=1S/C20H28N6O9/c21-11(6-15(22)29)17(31)24-12(7-16(23)30)18(32)26-14(8-27)19(33)25-13(20(34)35)5-9-1-3-10(28)4-2-9/h1-4,11-14,27-28H,5-8,21H2,(H2,22,29)(H2,23,30)(H,24,31)(H,25,33)(H,26,32)(H,34,35). The van der Waals surface area contributed by atoms with Gasteiger partial charge in [-0.05, 0) is 17.7 Å². The van der Waals surface area contributed by atoms with Crippen molar-refractivity contribution in [2.24, 2.45) is 17.2 Å². The number of aliphatic hydroxyl groups is 1. The average molecular weight is 496 g/mol. The number of carboxylic acid groups (broad SMARTS) is 1. The van der Waals surface area contributed by atoms with E-state index in [2.05, 4.69) is 16.0 Å². The van der Waals surface area contributed by atoms with Crippen LogP contribution < -0.4 is 33.2 Å². The molecule has 192 valence electrons. The van der Waals surface area contributed by atoms with E-state index >= 15 is 0 Å². The fraction of sp³-hybridized carbons (Fsp3) is 0.400. The molecule has 1 aromatic rings. The number of nitrogens with one attached hydrogen (secondary N) is 3. The molecule has 12 N–H and O–H groups in total. The van der Waals surface area contributed by atoms with Gasteiger partial charge in [0.1, 0.15) is 23.9 Å². The minimum Gasteiger partial charge on any atom is -0.508 e. The lowest BCUT2D eigenvalue weighted by Gasteiger charge is -2.23. The minimum absolute atomic E-state index is 0.0408. The van der Waals surface area contributed by atoms with Crippen LogP contribution in [0.3, 0.4) is 0 Å². The number of nitrogens with two attached hydrogens (primary N) is 3. The van der Waals surface area contributed by atoms with Gasteiger partial charge in [0.25, 0.3) is 0 Å². The summed E-state index contributed by atoms with van der Waals surface area (Å²) in [6, 6.07) is -0.602. The highest BCUT2D eigenvalue weighted by Gasteiger charge is 2.31. The molecular weight excluding hydrogens is 468 g/mol. The van der Waals surface area contributed by atoms with Crippen molar-refractivity contribution in [1.82, 2.24) is 16.0 Å². The van der Waals surface area contributed by atoms with Crippen molar-refractivity contribution in [3.05, 3.63) is 29.8 Å². The second-order valence-corrected chi connectivity index (χ2v) is 7.52. The first-order valence-electron chi connectivity index (χ1n) is 10.2. The number of phenolic OH excluding ortho intramolecular Hbond substituents is 1. The molecule has 5 amide bonds. The molecular formula is C20H28N6O9. The molecule has 4 unspecified atom stereocenters. The Morgan fingerprint density at radius 2 is 1.26 bits per heavy atom. The molecule has 0 bridgehead atoms. The van der Waals surface area contributed by atoms with E-state index in [0.717, 1.165) is 0 Å². The molecule has 0 spiro atoms. The van der Waals surface area contributed by atoms with Crippen LogP contribution >= 0.6 is 0 Å². The molecule has 0 aliphatic carbocycles. The van der Waals surface area contributed by atoms with E-state index < -0.39 is 79.1 Å². The van der Waals surface area contributed by atoms with Gasteiger partial charge in [-0.15, -0.1) is 0 Å². The quantitative estimate of drug-likeness (QED) is 0.119. The van der Waals surface area contributed by atoms with Crippen LogP contribution in [0.5, 0.6) is 5.75 Å². The number of carbonyl (C=O) groups excluding carboxylic acids is 5. The van der Waals surface area contributed by atoms with E-state index in [1.54, 1.807) is 0 Å². The van der Waals surface area contributed by atoms with E-state index in [9.17, 15) is 44.1 Å². The summed E-state index contributed by atoms with van der Waals surface area (Å²) in [7, 11) is 0. The van der Waals surface area contributed by atoms with Gasteiger partial charge in [0, 0.05) is 6.42 Å². The largest absolute Gasteiger partial charge is 0.508 e. The molecule has 1 aromatic carbocycles. The average Bonchev–Trinajstić information content (AvgIpc) is 2.76. The highest BCUT2D eigenvalue weighted by Crippen LogP contribution is 2.11. The first-order chi connectivity index (χ1) is 16.3. The molecule has 0 aromatic heterocycles. The van der Waals surface area contributed by atoms with Gasteiger partial charge in [-0.25, -0.2) is 4.79 Å². The number of carbonyl (C=O) groups is 6. The second kappa shape index (κ2) is 13.5. The van der Waals surface area contributed by atoms with Gasteiger partial charge in [0.15, 0.2) is 0 Å². The molecule has 0 aliphatic heterocycles. The summed E-state index contributed by atoms with van der Waals surface area (Å²) >= 11 is 0. The monoisotopic (exact) mass is 496 g/mol. The Bertz CT molecular complexity index is 953. The maximum Gasteiger partial charge on any atom is 0.326 e. The highest BCUT2D eigenvalue weighted by atomic mass is 16.4. The van der Waals surface area contributed by atoms with E-state index in [1.807, 2.05) is 0 Å². The molecule has 0 heterocycles. The van der Waals surface area contributed by atoms with Gasteiger partial charge in [-0.2, -0.15) is 0 Å². The number of carboxylic acids is 1. The number of hydrogen-bond donors (Lipinski definition) is 9. The van der Waals surface area contributed by atoms with Crippen LogP contribution in [0.25, 0.3) is 0 Å². The highest BCUT2D eigenvalue weighted by molar-refractivity contribution is 5.96. The molecule has 15 heteroatoms. The maximum atomic E-state index is 12.6. The number of rotatable bonds is 14. The molecule has 0 saturated carbocycles. The Morgan fingerprint density at radius 1 is 0.771 bits per heavy atom. The van der Waals surface area contributed by atoms with Crippen LogP contribution in [-0.4, -0.2) is 81.6 Å². The van der Waals surface area contributed by atoms with Gasteiger partial charge >= 0.3 is 5.97 Å². The molecule has 0 radical (unpaired) electrons. The van der Waals surface area contributed by atoms with E-state index in [4.69, 9.17) is 17.2 Å². The molecule has 1 rings (SSSR count). The van der Waals surface area contributed by atoms with Crippen molar-refractivity contribution in [1.29, 1.82) is 0 Å². The van der Waals surface area contributed by atoms with Gasteiger partial charge in [0.05, 0.1) is 25.5 Å². The lowest BCUT2D eigenvalue weighted by molar-refractivity contribution is -0.142. The molecule has 15 nitrogen and oxygen atoms in total. The van der Waals surface area contributed by atoms with Crippen molar-refractivity contribution in [2.45, 2.75) is 43.4 Å². The fourth-order valence-electron chi connectivity index (χ4n) is 2.81. The Labute approximate surface area is 199 Å². The zero-order chi connectivity index (χ0) is 26.7. The zero-order valence-corrected chi connectivity index (χ0v) is 18.5. The third-order valence-electron chi connectivity index (χ3n) is 4.60. The predicted octanol–water partition coefficient (Wildman–Crippen LogP) is -4.46. The van der Waals surface area contributed by atoms with Crippen molar-refractivity contribution in [3.63, 3.8) is 0 Å². The van der Waals surface area contributed by atoms with Crippen LogP contribution in [0.1, 0.15) is 18.4 Å².